The number of rotatable bonds is 6. The highest BCUT2D eigenvalue weighted by Crippen LogP contribution is 2.35. The van der Waals surface area contributed by atoms with Crippen LogP contribution in [-0.2, 0) is 9.59 Å². The van der Waals surface area contributed by atoms with Crippen molar-refractivity contribution < 1.29 is 19.4 Å². The van der Waals surface area contributed by atoms with Crippen molar-refractivity contribution in [1.29, 1.82) is 5.26 Å². The van der Waals surface area contributed by atoms with Gasteiger partial charge in [-0.2, -0.15) is 5.26 Å². The van der Waals surface area contributed by atoms with Gasteiger partial charge in [0.15, 0.2) is 12.4 Å². The highest BCUT2D eigenvalue weighted by molar-refractivity contribution is 6.37. The zero-order chi connectivity index (χ0) is 20.8. The van der Waals surface area contributed by atoms with Crippen molar-refractivity contribution in [2.75, 3.05) is 11.9 Å². The molecule has 2 aromatic rings. The molecule has 1 amide bonds. The molecule has 2 N–H and O–H groups in total. The van der Waals surface area contributed by atoms with Crippen LogP contribution in [0, 0.1) is 25.2 Å². The molecule has 0 fully saturated rings. The summed E-state index contributed by atoms with van der Waals surface area (Å²) in [5.74, 6) is -1.74. The largest absolute Gasteiger partial charge is 0.479 e. The van der Waals surface area contributed by atoms with Gasteiger partial charge in [0.05, 0.1) is 10.0 Å². The zero-order valence-corrected chi connectivity index (χ0v) is 16.6. The smallest absolute Gasteiger partial charge is 0.341 e. The van der Waals surface area contributed by atoms with E-state index < -0.39 is 18.5 Å². The number of carbonyl (C=O) groups is 2. The number of carbonyl (C=O) groups excluding carboxylic acids is 1. The van der Waals surface area contributed by atoms with Crippen LogP contribution in [0.4, 0.5) is 5.69 Å². The second-order valence-corrected chi connectivity index (χ2v) is 6.73. The standard InChI is InChI=1S/C20H16Cl2N2O4/c1-11-3-4-15(5-12(11)2)24-20(27)14(9-23)6-13-7-16(21)19(17(22)8-13)28-10-18(25)26/h3-8H,10H2,1-2H3,(H,24,27)(H,25,26)/b14-6+. The Labute approximate surface area is 171 Å². The number of hydrogen-bond donors (Lipinski definition) is 2. The predicted molar refractivity (Wildman–Crippen MR) is 108 cm³/mol. The van der Waals surface area contributed by atoms with Crippen molar-refractivity contribution in [3.8, 4) is 11.8 Å². The molecular weight excluding hydrogens is 403 g/mol. The molecule has 8 heteroatoms. The Morgan fingerprint density at radius 1 is 1.18 bits per heavy atom. The molecule has 0 saturated carbocycles. The molecular formula is C20H16Cl2N2O4. The molecule has 2 rings (SSSR count). The van der Waals surface area contributed by atoms with Gasteiger partial charge in [0.2, 0.25) is 0 Å². The van der Waals surface area contributed by atoms with E-state index in [1.807, 2.05) is 32.0 Å². The molecule has 0 heterocycles. The summed E-state index contributed by atoms with van der Waals surface area (Å²) in [4.78, 5) is 23.0. The van der Waals surface area contributed by atoms with Gasteiger partial charge in [-0.15, -0.1) is 0 Å². The number of carboxylic acids is 1. The number of aliphatic carboxylic acids is 1. The number of nitriles is 1. The first-order valence-electron chi connectivity index (χ1n) is 8.05. The van der Waals surface area contributed by atoms with Crippen molar-refractivity contribution in [2.45, 2.75) is 13.8 Å². The second kappa shape index (κ2) is 9.27. The Hall–Kier alpha value is -3.01. The van der Waals surface area contributed by atoms with Gasteiger partial charge in [0, 0.05) is 5.69 Å². The zero-order valence-electron chi connectivity index (χ0n) is 15.0. The average Bonchev–Trinajstić information content (AvgIpc) is 2.61. The lowest BCUT2D eigenvalue weighted by atomic mass is 10.1. The molecule has 0 aliphatic carbocycles. The lowest BCUT2D eigenvalue weighted by Gasteiger charge is -2.10. The average molecular weight is 419 g/mol. The van der Waals surface area contributed by atoms with Crippen LogP contribution >= 0.6 is 23.2 Å². The number of benzene rings is 2. The SMILES string of the molecule is Cc1ccc(NC(=O)/C(C#N)=C/c2cc(Cl)c(OCC(=O)O)c(Cl)c2)cc1C. The van der Waals surface area contributed by atoms with Crippen LogP contribution in [0.1, 0.15) is 16.7 Å². The fourth-order valence-electron chi connectivity index (χ4n) is 2.27. The van der Waals surface area contributed by atoms with Crippen molar-refractivity contribution >= 4 is 46.8 Å². The molecule has 0 aliphatic heterocycles. The molecule has 0 unspecified atom stereocenters. The maximum Gasteiger partial charge on any atom is 0.341 e. The van der Waals surface area contributed by atoms with Crippen molar-refractivity contribution in [3.63, 3.8) is 0 Å². The van der Waals surface area contributed by atoms with Crippen LogP contribution < -0.4 is 10.1 Å². The number of nitrogens with zero attached hydrogens (tertiary/aromatic N) is 1. The Kier molecular flexibility index (Phi) is 7.05. The summed E-state index contributed by atoms with van der Waals surface area (Å²) in [7, 11) is 0. The van der Waals surface area contributed by atoms with Crippen LogP contribution in [0.5, 0.6) is 5.75 Å². The normalized spacial score (nSPS) is 10.9. The molecule has 28 heavy (non-hydrogen) atoms. The van der Waals surface area contributed by atoms with Gasteiger partial charge in [-0.1, -0.05) is 29.3 Å². The van der Waals surface area contributed by atoms with Gasteiger partial charge < -0.3 is 15.2 Å². The second-order valence-electron chi connectivity index (χ2n) is 5.92. The van der Waals surface area contributed by atoms with Crippen molar-refractivity contribution in [1.82, 2.24) is 0 Å². The van der Waals surface area contributed by atoms with Crippen LogP contribution in [0.25, 0.3) is 6.08 Å². The monoisotopic (exact) mass is 418 g/mol. The maximum atomic E-state index is 12.4. The number of amides is 1. The molecule has 0 spiro atoms. The number of aryl methyl sites for hydroxylation is 2. The third-order valence-electron chi connectivity index (χ3n) is 3.80. The Morgan fingerprint density at radius 2 is 1.82 bits per heavy atom. The van der Waals surface area contributed by atoms with Gasteiger partial charge in [-0.05, 0) is 60.9 Å². The first-order chi connectivity index (χ1) is 13.2. The summed E-state index contributed by atoms with van der Waals surface area (Å²) >= 11 is 12.1. The molecule has 144 valence electrons. The van der Waals surface area contributed by atoms with E-state index in [0.717, 1.165) is 11.1 Å². The minimum atomic E-state index is -1.18. The summed E-state index contributed by atoms with van der Waals surface area (Å²) in [6.07, 6.45) is 1.33. The summed E-state index contributed by atoms with van der Waals surface area (Å²) in [6.45, 7) is 3.28. The fraction of sp³-hybridized carbons (Fsp3) is 0.150. The highest BCUT2D eigenvalue weighted by atomic mass is 35.5. The highest BCUT2D eigenvalue weighted by Gasteiger charge is 2.14. The molecule has 0 aromatic heterocycles. The van der Waals surface area contributed by atoms with E-state index in [2.05, 4.69) is 5.32 Å². The number of halogens is 2. The minimum Gasteiger partial charge on any atom is -0.479 e. The van der Waals surface area contributed by atoms with Gasteiger partial charge in [-0.3, -0.25) is 4.79 Å². The van der Waals surface area contributed by atoms with E-state index in [0.29, 0.717) is 11.3 Å². The molecule has 0 saturated heterocycles. The number of ether oxygens (including phenoxy) is 1. The summed E-state index contributed by atoms with van der Waals surface area (Å²) < 4.78 is 5.03. The van der Waals surface area contributed by atoms with Crippen LogP contribution in [0.15, 0.2) is 35.9 Å². The van der Waals surface area contributed by atoms with E-state index in [4.69, 9.17) is 33.0 Å². The van der Waals surface area contributed by atoms with Gasteiger partial charge in [0.25, 0.3) is 5.91 Å². The first kappa shape index (κ1) is 21.3. The summed E-state index contributed by atoms with van der Waals surface area (Å²) in [5.41, 5.74) is 2.91. The Morgan fingerprint density at radius 3 is 2.36 bits per heavy atom. The lowest BCUT2D eigenvalue weighted by molar-refractivity contribution is -0.139. The molecule has 0 aliphatic rings. The van der Waals surface area contributed by atoms with Crippen molar-refractivity contribution in [3.05, 3.63) is 62.6 Å². The molecule has 6 nitrogen and oxygen atoms in total. The third kappa shape index (κ3) is 5.49. The molecule has 0 atom stereocenters. The predicted octanol–water partition coefficient (Wildman–Crippen LogP) is 4.62. The van der Waals surface area contributed by atoms with Gasteiger partial charge in [-0.25, -0.2) is 4.79 Å². The maximum absolute atomic E-state index is 12.4. The van der Waals surface area contributed by atoms with Crippen LogP contribution in [0.3, 0.4) is 0 Å². The third-order valence-corrected chi connectivity index (χ3v) is 4.36. The van der Waals surface area contributed by atoms with E-state index in [1.165, 1.54) is 18.2 Å². The van der Waals surface area contributed by atoms with Crippen LogP contribution in [-0.4, -0.2) is 23.6 Å². The van der Waals surface area contributed by atoms with Crippen LogP contribution in [0.2, 0.25) is 10.0 Å². The summed E-state index contributed by atoms with van der Waals surface area (Å²) in [6, 6.07) is 10.1. The molecule has 0 bridgehead atoms. The topological polar surface area (TPSA) is 99.4 Å². The summed E-state index contributed by atoms with van der Waals surface area (Å²) in [5, 5.41) is 20.8. The Balaban J connectivity index is 2.25. The number of anilines is 1. The van der Waals surface area contributed by atoms with E-state index in [1.54, 1.807) is 6.07 Å². The molecule has 2 aromatic carbocycles. The van der Waals surface area contributed by atoms with Gasteiger partial charge in [0.1, 0.15) is 11.6 Å². The van der Waals surface area contributed by atoms with Crippen molar-refractivity contribution in [2.24, 2.45) is 0 Å². The first-order valence-corrected chi connectivity index (χ1v) is 8.81. The van der Waals surface area contributed by atoms with Gasteiger partial charge >= 0.3 is 5.97 Å². The molecule has 0 radical (unpaired) electrons. The van der Waals surface area contributed by atoms with E-state index in [9.17, 15) is 14.9 Å². The number of hydrogen-bond acceptors (Lipinski definition) is 4. The number of carboxylic acid groups (broad SMARTS) is 1. The lowest BCUT2D eigenvalue weighted by Crippen LogP contribution is -2.13. The Bertz CT molecular complexity index is 987. The minimum absolute atomic E-state index is 0.0148. The quantitative estimate of drug-likeness (QED) is 0.526. The fourth-order valence-corrected chi connectivity index (χ4v) is 2.88. The number of nitrogens with one attached hydrogen (secondary N) is 1. The van der Waals surface area contributed by atoms with E-state index >= 15 is 0 Å². The van der Waals surface area contributed by atoms with E-state index in [-0.39, 0.29) is 21.4 Å².